The molecule has 3 aromatic rings. The monoisotopic (exact) mass is 361 g/mol. The van der Waals surface area contributed by atoms with Gasteiger partial charge in [-0.2, -0.15) is 0 Å². The molecule has 124 valence electrons. The first kappa shape index (κ1) is 16.8. The second kappa shape index (κ2) is 7.68. The van der Waals surface area contributed by atoms with Gasteiger partial charge in [-0.3, -0.25) is 0 Å². The fourth-order valence-corrected chi connectivity index (χ4v) is 2.82. The summed E-state index contributed by atoms with van der Waals surface area (Å²) in [6.45, 7) is 4.28. The van der Waals surface area contributed by atoms with Crippen molar-refractivity contribution in [2.75, 3.05) is 0 Å². The van der Waals surface area contributed by atoms with Crippen LogP contribution >= 0.6 is 23.4 Å². The third kappa shape index (κ3) is 4.49. The lowest BCUT2D eigenvalue weighted by Gasteiger charge is -2.07. The van der Waals surface area contributed by atoms with Crippen molar-refractivity contribution < 1.29 is 9.15 Å². The van der Waals surface area contributed by atoms with Gasteiger partial charge in [0, 0.05) is 11.9 Å². The predicted molar refractivity (Wildman–Crippen MR) is 93.4 cm³/mol. The number of ether oxygens (including phenoxy) is 1. The first-order valence-electron chi connectivity index (χ1n) is 7.36. The van der Waals surface area contributed by atoms with Crippen molar-refractivity contribution in [1.82, 2.24) is 15.2 Å². The zero-order valence-electron chi connectivity index (χ0n) is 13.3. The third-order valence-electron chi connectivity index (χ3n) is 3.29. The molecule has 0 atom stereocenters. The highest BCUT2D eigenvalue weighted by Crippen LogP contribution is 2.23. The largest absolute Gasteiger partial charge is 0.484 e. The van der Waals surface area contributed by atoms with Gasteiger partial charge in [0.25, 0.3) is 11.1 Å². The summed E-state index contributed by atoms with van der Waals surface area (Å²) in [5.74, 6) is 1.96. The lowest BCUT2D eigenvalue weighted by atomic mass is 10.1. The van der Waals surface area contributed by atoms with Crippen LogP contribution in [0.3, 0.4) is 0 Å². The van der Waals surface area contributed by atoms with Crippen molar-refractivity contribution >= 4 is 23.4 Å². The van der Waals surface area contributed by atoms with Crippen LogP contribution in [-0.4, -0.2) is 15.2 Å². The number of hydrogen-bond donors (Lipinski definition) is 0. The Morgan fingerprint density at radius 1 is 1.17 bits per heavy atom. The summed E-state index contributed by atoms with van der Waals surface area (Å²) in [6.07, 6.45) is 1.73. The summed E-state index contributed by atoms with van der Waals surface area (Å²) in [4.78, 5) is 4.04. The van der Waals surface area contributed by atoms with Gasteiger partial charge in [0.15, 0.2) is 6.61 Å². The second-order valence-corrected chi connectivity index (χ2v) is 6.61. The molecule has 0 amide bonds. The van der Waals surface area contributed by atoms with Crippen LogP contribution in [0.2, 0.25) is 5.15 Å². The summed E-state index contributed by atoms with van der Waals surface area (Å²) >= 11 is 7.21. The molecular weight excluding hydrogens is 346 g/mol. The van der Waals surface area contributed by atoms with Crippen molar-refractivity contribution in [3.8, 4) is 5.75 Å². The van der Waals surface area contributed by atoms with E-state index in [-0.39, 0.29) is 6.61 Å². The molecule has 0 aliphatic carbocycles. The number of hydrogen-bond acceptors (Lipinski definition) is 6. The average molecular weight is 362 g/mol. The fraction of sp³-hybridized carbons (Fsp3) is 0.235. The average Bonchev–Trinajstić information content (AvgIpc) is 3.03. The molecular formula is C17H16ClN3O2S. The van der Waals surface area contributed by atoms with Crippen molar-refractivity contribution in [3.63, 3.8) is 0 Å². The number of rotatable bonds is 6. The Labute approximate surface area is 149 Å². The van der Waals surface area contributed by atoms with E-state index < -0.39 is 0 Å². The fourth-order valence-electron chi connectivity index (χ4n) is 1.99. The van der Waals surface area contributed by atoms with Crippen molar-refractivity contribution in [2.45, 2.75) is 31.4 Å². The number of halogens is 1. The molecule has 0 saturated carbocycles. The highest BCUT2D eigenvalue weighted by atomic mass is 35.5. The molecule has 24 heavy (non-hydrogen) atoms. The SMILES string of the molecule is Cc1ccc(C)c(OCc2nnc(SCc3ccc(Cl)nc3)o2)c1. The van der Waals surface area contributed by atoms with Crippen molar-refractivity contribution in [2.24, 2.45) is 0 Å². The van der Waals surface area contributed by atoms with Gasteiger partial charge >= 0.3 is 0 Å². The molecule has 0 radical (unpaired) electrons. The smallest absolute Gasteiger partial charge is 0.277 e. The Morgan fingerprint density at radius 2 is 2.04 bits per heavy atom. The molecule has 0 bridgehead atoms. The van der Waals surface area contributed by atoms with Crippen LogP contribution in [0, 0.1) is 13.8 Å². The lowest BCUT2D eigenvalue weighted by Crippen LogP contribution is -1.97. The molecule has 3 rings (SSSR count). The van der Waals surface area contributed by atoms with E-state index in [1.165, 1.54) is 11.8 Å². The Morgan fingerprint density at radius 3 is 2.83 bits per heavy atom. The van der Waals surface area contributed by atoms with Crippen LogP contribution in [-0.2, 0) is 12.4 Å². The summed E-state index contributed by atoms with van der Waals surface area (Å²) in [6, 6.07) is 9.75. The number of aromatic nitrogens is 3. The van der Waals surface area contributed by atoms with Crippen LogP contribution in [0.5, 0.6) is 5.75 Å². The van der Waals surface area contributed by atoms with Crippen molar-refractivity contribution in [1.29, 1.82) is 0 Å². The maximum Gasteiger partial charge on any atom is 0.277 e. The first-order valence-corrected chi connectivity index (χ1v) is 8.72. The number of thioether (sulfide) groups is 1. The van der Waals surface area contributed by atoms with Gasteiger partial charge in [-0.05, 0) is 42.7 Å². The minimum atomic E-state index is 0.250. The molecule has 5 nitrogen and oxygen atoms in total. The normalized spacial score (nSPS) is 10.8. The second-order valence-electron chi connectivity index (χ2n) is 5.30. The van der Waals surface area contributed by atoms with E-state index >= 15 is 0 Å². The van der Waals surface area contributed by atoms with E-state index in [2.05, 4.69) is 21.2 Å². The minimum Gasteiger partial charge on any atom is -0.484 e. The maximum atomic E-state index is 5.77. The van der Waals surface area contributed by atoms with E-state index in [4.69, 9.17) is 20.8 Å². The molecule has 2 aromatic heterocycles. The zero-order valence-corrected chi connectivity index (χ0v) is 14.9. The Kier molecular flexibility index (Phi) is 5.37. The summed E-state index contributed by atoms with van der Waals surface area (Å²) < 4.78 is 11.4. The van der Waals surface area contributed by atoms with Crippen LogP contribution in [0.1, 0.15) is 22.6 Å². The summed E-state index contributed by atoms with van der Waals surface area (Å²) in [5.41, 5.74) is 3.26. The van der Waals surface area contributed by atoms with Gasteiger partial charge in [-0.1, -0.05) is 41.6 Å². The van der Waals surface area contributed by atoms with Crippen LogP contribution in [0.4, 0.5) is 0 Å². The molecule has 0 aliphatic heterocycles. The highest BCUT2D eigenvalue weighted by molar-refractivity contribution is 7.98. The van der Waals surface area contributed by atoms with Gasteiger partial charge in [-0.15, -0.1) is 10.2 Å². The van der Waals surface area contributed by atoms with Gasteiger partial charge in [-0.25, -0.2) is 4.98 Å². The first-order chi connectivity index (χ1) is 11.6. The van der Waals surface area contributed by atoms with E-state index in [0.29, 0.717) is 22.0 Å². The molecule has 0 unspecified atom stereocenters. The third-order valence-corrected chi connectivity index (χ3v) is 4.41. The van der Waals surface area contributed by atoms with Crippen LogP contribution in [0.25, 0.3) is 0 Å². The van der Waals surface area contributed by atoms with Gasteiger partial charge < -0.3 is 9.15 Å². The Balaban J connectivity index is 1.55. The molecule has 7 heteroatoms. The van der Waals surface area contributed by atoms with E-state index in [9.17, 15) is 0 Å². The highest BCUT2D eigenvalue weighted by Gasteiger charge is 2.09. The quantitative estimate of drug-likeness (QED) is 0.472. The predicted octanol–water partition coefficient (Wildman–Crippen LogP) is 4.61. The van der Waals surface area contributed by atoms with Crippen LogP contribution in [0.15, 0.2) is 46.2 Å². The topological polar surface area (TPSA) is 61.0 Å². The standard InChI is InChI=1S/C17H16ClN3O2S/c1-11-3-4-12(2)14(7-11)22-9-16-20-21-17(23-16)24-10-13-5-6-15(18)19-8-13/h3-8H,9-10H2,1-2H3. The van der Waals surface area contributed by atoms with Gasteiger partial charge in [0.2, 0.25) is 0 Å². The zero-order chi connectivity index (χ0) is 16.9. The number of benzene rings is 1. The molecule has 2 heterocycles. The molecule has 0 aliphatic rings. The number of nitrogens with zero attached hydrogens (tertiary/aromatic N) is 3. The summed E-state index contributed by atoms with van der Waals surface area (Å²) in [5, 5.41) is 9.01. The van der Waals surface area contributed by atoms with E-state index in [0.717, 1.165) is 22.4 Å². The van der Waals surface area contributed by atoms with Crippen molar-refractivity contribution in [3.05, 3.63) is 64.3 Å². The number of pyridine rings is 1. The molecule has 1 aromatic carbocycles. The number of aryl methyl sites for hydroxylation is 2. The molecule has 0 saturated heterocycles. The van der Waals surface area contributed by atoms with Gasteiger partial charge in [0.05, 0.1) is 0 Å². The molecule has 0 spiro atoms. The maximum absolute atomic E-state index is 5.77. The molecule has 0 fully saturated rings. The molecule has 0 N–H and O–H groups in total. The Hall–Kier alpha value is -2.05. The lowest BCUT2D eigenvalue weighted by molar-refractivity contribution is 0.250. The van der Waals surface area contributed by atoms with E-state index in [1.54, 1.807) is 12.3 Å². The summed E-state index contributed by atoms with van der Waals surface area (Å²) in [7, 11) is 0. The van der Waals surface area contributed by atoms with Crippen LogP contribution < -0.4 is 4.74 Å². The minimum absolute atomic E-state index is 0.250. The van der Waals surface area contributed by atoms with E-state index in [1.807, 2.05) is 32.0 Å². The van der Waals surface area contributed by atoms with Gasteiger partial charge in [0.1, 0.15) is 10.9 Å². The Bertz CT molecular complexity index is 821.